The van der Waals surface area contributed by atoms with E-state index in [0.717, 1.165) is 36.5 Å². The van der Waals surface area contributed by atoms with Gasteiger partial charge in [0.2, 0.25) is 0 Å². The number of nitrogens with one attached hydrogen (secondary N) is 1. The Kier molecular flexibility index (Phi) is 5.97. The van der Waals surface area contributed by atoms with Crippen LogP contribution in [0.2, 0.25) is 0 Å². The summed E-state index contributed by atoms with van der Waals surface area (Å²) in [5, 5.41) is 3.49. The fourth-order valence-electron chi connectivity index (χ4n) is 3.60. The predicted molar refractivity (Wildman–Crippen MR) is 114 cm³/mol. The normalized spacial score (nSPS) is 14.5. The lowest BCUT2D eigenvalue weighted by atomic mass is 10.0. The van der Waals surface area contributed by atoms with Gasteiger partial charge in [-0.15, -0.1) is 0 Å². The van der Waals surface area contributed by atoms with E-state index in [9.17, 15) is 9.18 Å². The van der Waals surface area contributed by atoms with E-state index in [0.29, 0.717) is 18.9 Å². The molecule has 0 saturated carbocycles. The van der Waals surface area contributed by atoms with Crippen LogP contribution in [0.25, 0.3) is 11.5 Å². The second-order valence-corrected chi connectivity index (χ2v) is 7.33. The molecule has 30 heavy (non-hydrogen) atoms. The summed E-state index contributed by atoms with van der Waals surface area (Å²) in [6.45, 7) is 3.20. The van der Waals surface area contributed by atoms with Gasteiger partial charge in [0.25, 0.3) is 5.91 Å². The molecule has 1 amide bonds. The van der Waals surface area contributed by atoms with Crippen molar-refractivity contribution in [2.45, 2.75) is 32.2 Å². The van der Waals surface area contributed by atoms with Crippen LogP contribution in [0.3, 0.4) is 0 Å². The van der Waals surface area contributed by atoms with E-state index in [-0.39, 0.29) is 17.5 Å². The summed E-state index contributed by atoms with van der Waals surface area (Å²) < 4.78 is 13.9. The van der Waals surface area contributed by atoms with E-state index in [1.54, 1.807) is 23.2 Å². The fraction of sp³-hybridized carbons (Fsp3) is 0.304. The van der Waals surface area contributed by atoms with Crippen LogP contribution in [0.4, 0.5) is 10.2 Å². The van der Waals surface area contributed by atoms with Gasteiger partial charge >= 0.3 is 0 Å². The Morgan fingerprint density at radius 2 is 1.90 bits per heavy atom. The number of rotatable bonds is 5. The Balaban J connectivity index is 1.43. The molecule has 3 aromatic rings. The highest BCUT2D eigenvalue weighted by Gasteiger charge is 2.25. The van der Waals surface area contributed by atoms with E-state index in [1.165, 1.54) is 12.1 Å². The van der Waals surface area contributed by atoms with Crippen LogP contribution in [-0.2, 0) is 6.42 Å². The number of aryl methyl sites for hydroxylation is 1. The third kappa shape index (κ3) is 4.45. The van der Waals surface area contributed by atoms with Gasteiger partial charge in [-0.2, -0.15) is 0 Å². The number of pyridine rings is 1. The number of carbonyl (C=O) groups is 1. The van der Waals surface area contributed by atoms with E-state index in [2.05, 4.69) is 27.2 Å². The minimum atomic E-state index is -0.474. The number of carbonyl (C=O) groups excluding carboxylic acids is 1. The lowest BCUT2D eigenvalue weighted by Crippen LogP contribution is -2.42. The van der Waals surface area contributed by atoms with Gasteiger partial charge < -0.3 is 10.2 Å². The Morgan fingerprint density at radius 1 is 1.13 bits per heavy atom. The summed E-state index contributed by atoms with van der Waals surface area (Å²) in [6.07, 6.45) is 4.06. The smallest absolute Gasteiger partial charge is 0.256 e. The van der Waals surface area contributed by atoms with Crippen molar-refractivity contribution in [1.82, 2.24) is 19.9 Å². The van der Waals surface area contributed by atoms with Crippen molar-refractivity contribution < 1.29 is 9.18 Å². The SMILES string of the molecule is CCc1cc(NC2CCN(C(=O)c3ccccc3F)CC2)nc(-c2ccccn2)n1. The first-order valence-electron chi connectivity index (χ1n) is 10.2. The maximum atomic E-state index is 13.9. The monoisotopic (exact) mass is 405 g/mol. The largest absolute Gasteiger partial charge is 0.367 e. The molecule has 0 atom stereocenters. The molecular formula is C23H24FN5O. The molecule has 7 heteroatoms. The maximum Gasteiger partial charge on any atom is 0.256 e. The standard InChI is InChI=1S/C23H24FN5O/c1-2-16-15-21(28-22(27-16)20-9-5-6-12-25-20)26-17-10-13-29(14-11-17)23(30)18-7-3-4-8-19(18)24/h3-9,12,15,17H,2,10-11,13-14H2,1H3,(H,26,27,28). The number of hydrogen-bond acceptors (Lipinski definition) is 5. The van der Waals surface area contributed by atoms with Gasteiger partial charge in [0.1, 0.15) is 17.3 Å². The first-order chi connectivity index (χ1) is 14.6. The van der Waals surface area contributed by atoms with Crippen molar-refractivity contribution in [2.75, 3.05) is 18.4 Å². The molecule has 0 unspecified atom stereocenters. The van der Waals surface area contributed by atoms with Gasteiger partial charge in [-0.25, -0.2) is 14.4 Å². The van der Waals surface area contributed by atoms with Crippen LogP contribution < -0.4 is 5.32 Å². The lowest BCUT2D eigenvalue weighted by Gasteiger charge is -2.32. The number of halogens is 1. The first kappa shape index (κ1) is 19.9. The molecule has 0 aliphatic carbocycles. The average Bonchev–Trinajstić information content (AvgIpc) is 2.80. The number of benzene rings is 1. The molecule has 3 heterocycles. The van der Waals surface area contributed by atoms with Crippen molar-refractivity contribution in [3.63, 3.8) is 0 Å². The van der Waals surface area contributed by atoms with Crippen molar-refractivity contribution in [2.24, 2.45) is 0 Å². The first-order valence-corrected chi connectivity index (χ1v) is 10.2. The van der Waals surface area contributed by atoms with Crippen LogP contribution in [0.1, 0.15) is 35.8 Å². The predicted octanol–water partition coefficient (Wildman–Crippen LogP) is 3.96. The third-order valence-electron chi connectivity index (χ3n) is 5.27. The van der Waals surface area contributed by atoms with E-state index in [1.807, 2.05) is 24.3 Å². The molecule has 0 bridgehead atoms. The molecule has 154 valence electrons. The lowest BCUT2D eigenvalue weighted by molar-refractivity contribution is 0.0713. The molecule has 0 radical (unpaired) electrons. The molecule has 4 rings (SSSR count). The molecule has 1 aromatic carbocycles. The Labute approximate surface area is 175 Å². The highest BCUT2D eigenvalue weighted by molar-refractivity contribution is 5.94. The number of piperidine rings is 1. The number of amides is 1. The summed E-state index contributed by atoms with van der Waals surface area (Å²) in [5.74, 6) is 0.642. The minimum absolute atomic E-state index is 0.132. The van der Waals surface area contributed by atoms with Crippen molar-refractivity contribution >= 4 is 11.7 Å². The second kappa shape index (κ2) is 8.98. The molecule has 2 aromatic heterocycles. The summed E-state index contributed by atoms with van der Waals surface area (Å²) in [5.41, 5.74) is 1.81. The fourth-order valence-corrected chi connectivity index (χ4v) is 3.60. The van der Waals surface area contributed by atoms with Gasteiger partial charge in [-0.3, -0.25) is 9.78 Å². The molecule has 1 fully saturated rings. The molecular weight excluding hydrogens is 381 g/mol. The maximum absolute atomic E-state index is 13.9. The molecule has 1 aliphatic rings. The Morgan fingerprint density at radius 3 is 2.60 bits per heavy atom. The Bertz CT molecular complexity index is 1020. The van der Waals surface area contributed by atoms with Gasteiger partial charge in [0, 0.05) is 37.1 Å². The van der Waals surface area contributed by atoms with Crippen LogP contribution in [0.15, 0.2) is 54.7 Å². The Hall–Kier alpha value is -3.35. The summed E-state index contributed by atoms with van der Waals surface area (Å²) in [6, 6.07) is 14.0. The number of likely N-dealkylation sites (tertiary alicyclic amines) is 1. The number of anilines is 1. The third-order valence-corrected chi connectivity index (χ3v) is 5.27. The molecule has 6 nitrogen and oxygen atoms in total. The topological polar surface area (TPSA) is 71.0 Å². The summed E-state index contributed by atoms with van der Waals surface area (Å²) in [7, 11) is 0. The number of aromatic nitrogens is 3. The van der Waals surface area contributed by atoms with Gasteiger partial charge in [0.05, 0.1) is 5.56 Å². The van der Waals surface area contributed by atoms with Crippen molar-refractivity contribution in [3.8, 4) is 11.5 Å². The minimum Gasteiger partial charge on any atom is -0.367 e. The zero-order chi connectivity index (χ0) is 20.9. The van der Waals surface area contributed by atoms with E-state index in [4.69, 9.17) is 0 Å². The van der Waals surface area contributed by atoms with Crippen LogP contribution in [-0.4, -0.2) is 44.9 Å². The second-order valence-electron chi connectivity index (χ2n) is 7.33. The highest BCUT2D eigenvalue weighted by atomic mass is 19.1. The van der Waals surface area contributed by atoms with Crippen LogP contribution in [0.5, 0.6) is 0 Å². The number of hydrogen-bond donors (Lipinski definition) is 1. The summed E-state index contributed by atoms with van der Waals surface area (Å²) in [4.78, 5) is 27.9. The van der Waals surface area contributed by atoms with Crippen LogP contribution in [0, 0.1) is 5.82 Å². The highest BCUT2D eigenvalue weighted by Crippen LogP contribution is 2.21. The molecule has 1 saturated heterocycles. The van der Waals surface area contributed by atoms with E-state index < -0.39 is 5.82 Å². The van der Waals surface area contributed by atoms with E-state index >= 15 is 0 Å². The van der Waals surface area contributed by atoms with Gasteiger partial charge in [0.15, 0.2) is 5.82 Å². The summed E-state index contributed by atoms with van der Waals surface area (Å²) >= 11 is 0. The van der Waals surface area contributed by atoms with Crippen molar-refractivity contribution in [1.29, 1.82) is 0 Å². The molecule has 1 N–H and O–H groups in total. The quantitative estimate of drug-likeness (QED) is 0.696. The zero-order valence-electron chi connectivity index (χ0n) is 16.9. The van der Waals surface area contributed by atoms with Gasteiger partial charge in [-0.05, 0) is 43.5 Å². The average molecular weight is 405 g/mol. The molecule has 0 spiro atoms. The van der Waals surface area contributed by atoms with Crippen LogP contribution >= 0.6 is 0 Å². The number of nitrogens with zero attached hydrogens (tertiary/aromatic N) is 4. The zero-order valence-corrected chi connectivity index (χ0v) is 16.9. The van der Waals surface area contributed by atoms with Gasteiger partial charge in [-0.1, -0.05) is 25.1 Å². The molecule has 1 aliphatic heterocycles. The van der Waals surface area contributed by atoms with Crippen molar-refractivity contribution in [3.05, 3.63) is 71.8 Å².